The Morgan fingerprint density at radius 1 is 1.83 bits per heavy atom. The van der Waals surface area contributed by atoms with E-state index in [0.717, 1.165) is 0 Å². The fourth-order valence-electron chi connectivity index (χ4n) is 0.191. The summed E-state index contributed by atoms with van der Waals surface area (Å²) in [6.45, 7) is 0. The highest BCUT2D eigenvalue weighted by Crippen LogP contribution is 2.27. The van der Waals surface area contributed by atoms with Crippen LogP contribution in [0.3, 0.4) is 0 Å². The lowest BCUT2D eigenvalue weighted by atomic mass is 11.2. The monoisotopic (exact) mass is 120 g/mol. The first-order chi connectivity index (χ1) is 2.89. The smallest absolute Gasteiger partial charge is 0.155 e. The van der Waals surface area contributed by atoms with Gasteiger partial charge in [-0.3, -0.25) is 4.99 Å². The molecular weight excluding hydrogens is 116 g/mol. The largest absolute Gasteiger partial charge is 0.300 e. The third kappa shape index (κ3) is 0.894. The van der Waals surface area contributed by atoms with Gasteiger partial charge >= 0.3 is 0 Å². The number of hydrogen-bond donors (Lipinski definition) is 1. The summed E-state index contributed by atoms with van der Waals surface area (Å²) in [4.78, 5) is 3.81. The molecule has 2 N–H and O–H groups in total. The molecule has 0 aromatic heterocycles. The molecule has 1 aliphatic heterocycles. The van der Waals surface area contributed by atoms with E-state index in [4.69, 9.17) is 5.73 Å². The van der Waals surface area contributed by atoms with E-state index in [-0.39, 0.29) is 5.50 Å². The van der Waals surface area contributed by atoms with Crippen molar-refractivity contribution in [3.05, 3.63) is 0 Å². The quantitative estimate of drug-likeness (QED) is 0.477. The van der Waals surface area contributed by atoms with E-state index in [1.807, 2.05) is 0 Å². The predicted molar refractivity (Wildman–Crippen MR) is 31.6 cm³/mol. The molecule has 0 amide bonds. The Hall–Kier alpha value is 0.330. The molecule has 0 aromatic carbocycles. The Morgan fingerprint density at radius 2 is 2.67 bits per heavy atom. The van der Waals surface area contributed by atoms with Crippen molar-refractivity contribution in [2.75, 3.05) is 0 Å². The lowest BCUT2D eigenvalue weighted by molar-refractivity contribution is 1.01. The standard InChI is InChI=1S/C2H4N2S2/c3-2-4-1-5-6-2/h1-2H,3H2. The zero-order valence-electron chi connectivity index (χ0n) is 3.00. The van der Waals surface area contributed by atoms with Crippen molar-refractivity contribution in [1.82, 2.24) is 0 Å². The van der Waals surface area contributed by atoms with Gasteiger partial charge in [-0.25, -0.2) is 0 Å². The van der Waals surface area contributed by atoms with E-state index in [0.29, 0.717) is 0 Å². The zero-order valence-corrected chi connectivity index (χ0v) is 4.63. The molecule has 6 heavy (non-hydrogen) atoms. The summed E-state index contributed by atoms with van der Waals surface area (Å²) in [5.41, 5.74) is 7.03. The average Bonchev–Trinajstić information content (AvgIpc) is 1.86. The molecule has 0 fully saturated rings. The topological polar surface area (TPSA) is 38.4 Å². The molecule has 4 heteroatoms. The molecular formula is C2H4N2S2. The minimum atomic E-state index is -0.00463. The van der Waals surface area contributed by atoms with Crippen LogP contribution in [0.5, 0.6) is 0 Å². The van der Waals surface area contributed by atoms with Crippen LogP contribution < -0.4 is 5.73 Å². The van der Waals surface area contributed by atoms with Crippen LogP contribution in [-0.4, -0.2) is 11.0 Å². The number of nitrogens with zero attached hydrogens (tertiary/aromatic N) is 1. The fraction of sp³-hybridized carbons (Fsp3) is 0.500. The van der Waals surface area contributed by atoms with Gasteiger partial charge in [0.05, 0.1) is 5.55 Å². The van der Waals surface area contributed by atoms with E-state index in [9.17, 15) is 0 Å². The van der Waals surface area contributed by atoms with Gasteiger partial charge in [0.15, 0.2) is 5.50 Å². The molecule has 34 valence electrons. The van der Waals surface area contributed by atoms with Gasteiger partial charge in [0.25, 0.3) is 0 Å². The van der Waals surface area contributed by atoms with Crippen molar-refractivity contribution in [1.29, 1.82) is 0 Å². The van der Waals surface area contributed by atoms with Gasteiger partial charge in [0.1, 0.15) is 0 Å². The summed E-state index contributed by atoms with van der Waals surface area (Å²) < 4.78 is 0. The molecule has 2 nitrogen and oxygen atoms in total. The summed E-state index contributed by atoms with van der Waals surface area (Å²) in [7, 11) is 3.15. The molecule has 1 aliphatic rings. The number of nitrogens with two attached hydrogens (primary N) is 1. The summed E-state index contributed by atoms with van der Waals surface area (Å²) >= 11 is 0. The Kier molecular flexibility index (Phi) is 1.39. The minimum absolute atomic E-state index is 0.00463. The molecule has 0 bridgehead atoms. The SMILES string of the molecule is NC1N=CSS1. The second kappa shape index (κ2) is 1.86. The van der Waals surface area contributed by atoms with Gasteiger partial charge in [-0.05, 0) is 21.6 Å². The molecule has 1 rings (SSSR count). The van der Waals surface area contributed by atoms with Crippen molar-refractivity contribution in [3.63, 3.8) is 0 Å². The van der Waals surface area contributed by atoms with Crippen molar-refractivity contribution < 1.29 is 0 Å². The summed E-state index contributed by atoms with van der Waals surface area (Å²) in [6, 6.07) is 0. The maximum Gasteiger partial charge on any atom is 0.155 e. The maximum atomic E-state index is 5.28. The third-order valence-corrected chi connectivity index (χ3v) is 2.23. The first kappa shape index (κ1) is 4.49. The molecule has 1 atom stereocenters. The van der Waals surface area contributed by atoms with Crippen LogP contribution in [-0.2, 0) is 0 Å². The van der Waals surface area contributed by atoms with Crippen LogP contribution in [0.25, 0.3) is 0 Å². The van der Waals surface area contributed by atoms with Crippen LogP contribution in [0.15, 0.2) is 4.99 Å². The number of hydrogen-bond acceptors (Lipinski definition) is 4. The molecule has 1 heterocycles. The zero-order chi connectivity index (χ0) is 4.41. The average molecular weight is 120 g/mol. The highest BCUT2D eigenvalue weighted by atomic mass is 33.1. The van der Waals surface area contributed by atoms with Crippen LogP contribution in [0, 0.1) is 0 Å². The van der Waals surface area contributed by atoms with Gasteiger partial charge < -0.3 is 5.73 Å². The number of aliphatic imine (C=N–C) groups is 1. The van der Waals surface area contributed by atoms with Crippen LogP contribution in [0.2, 0.25) is 0 Å². The van der Waals surface area contributed by atoms with Crippen LogP contribution in [0.4, 0.5) is 0 Å². The van der Waals surface area contributed by atoms with E-state index in [2.05, 4.69) is 4.99 Å². The minimum Gasteiger partial charge on any atom is -0.300 e. The van der Waals surface area contributed by atoms with Gasteiger partial charge in [-0.2, -0.15) is 0 Å². The summed E-state index contributed by atoms with van der Waals surface area (Å²) in [5.74, 6) is 0. The third-order valence-electron chi connectivity index (χ3n) is 0.405. The van der Waals surface area contributed by atoms with Gasteiger partial charge in [0, 0.05) is 0 Å². The van der Waals surface area contributed by atoms with Crippen LogP contribution in [0.1, 0.15) is 0 Å². The molecule has 0 aliphatic carbocycles. The Morgan fingerprint density at radius 3 is 2.83 bits per heavy atom. The van der Waals surface area contributed by atoms with Crippen LogP contribution >= 0.6 is 21.6 Å². The van der Waals surface area contributed by atoms with Gasteiger partial charge in [-0.15, -0.1) is 0 Å². The van der Waals surface area contributed by atoms with Crippen molar-refractivity contribution in [3.8, 4) is 0 Å². The Labute approximate surface area is 44.0 Å². The first-order valence-electron chi connectivity index (χ1n) is 1.49. The van der Waals surface area contributed by atoms with E-state index < -0.39 is 0 Å². The van der Waals surface area contributed by atoms with Crippen molar-refractivity contribution >= 4 is 27.1 Å². The molecule has 0 saturated heterocycles. The second-order valence-corrected chi connectivity index (χ2v) is 3.07. The predicted octanol–water partition coefficient (Wildman–Crippen LogP) is 0.652. The molecule has 1 unspecified atom stereocenters. The van der Waals surface area contributed by atoms with E-state index in [1.54, 1.807) is 27.1 Å². The Bertz CT molecular complexity index is 71.9. The van der Waals surface area contributed by atoms with E-state index >= 15 is 0 Å². The highest BCUT2D eigenvalue weighted by molar-refractivity contribution is 8.82. The Balaban J connectivity index is 2.38. The lowest BCUT2D eigenvalue weighted by Crippen LogP contribution is -2.06. The summed E-state index contributed by atoms with van der Waals surface area (Å²) in [5, 5.41) is 0. The van der Waals surface area contributed by atoms with Gasteiger partial charge in [0.2, 0.25) is 0 Å². The molecule has 0 radical (unpaired) electrons. The van der Waals surface area contributed by atoms with Crippen molar-refractivity contribution in [2.24, 2.45) is 10.7 Å². The normalized spacial score (nSPS) is 31.8. The fourth-order valence-corrected chi connectivity index (χ4v) is 1.51. The number of rotatable bonds is 0. The lowest BCUT2D eigenvalue weighted by Gasteiger charge is -1.87. The van der Waals surface area contributed by atoms with Crippen molar-refractivity contribution in [2.45, 2.75) is 5.50 Å². The first-order valence-corrected chi connectivity index (χ1v) is 3.76. The molecule has 0 aromatic rings. The second-order valence-electron chi connectivity index (χ2n) is 0.837. The molecule has 0 saturated carbocycles. The molecule has 0 spiro atoms. The highest BCUT2D eigenvalue weighted by Gasteiger charge is 2.02. The maximum absolute atomic E-state index is 5.28. The summed E-state index contributed by atoms with van der Waals surface area (Å²) in [6.07, 6.45) is 0. The van der Waals surface area contributed by atoms with E-state index in [1.165, 1.54) is 0 Å². The van der Waals surface area contributed by atoms with Gasteiger partial charge in [-0.1, -0.05) is 0 Å².